The van der Waals surface area contributed by atoms with Gasteiger partial charge in [0.2, 0.25) is 0 Å². The van der Waals surface area contributed by atoms with Crippen molar-refractivity contribution < 1.29 is 47.8 Å². The first-order valence-corrected chi connectivity index (χ1v) is 9.17. The fourth-order valence-corrected chi connectivity index (χ4v) is 3.72. The molecule has 0 radical (unpaired) electrons. The van der Waals surface area contributed by atoms with Crippen LogP contribution in [0.3, 0.4) is 0 Å². The number of ether oxygens (including phenoxy) is 2. The van der Waals surface area contributed by atoms with Crippen LogP contribution >= 0.6 is 0 Å². The maximum absolute atomic E-state index is 11.1. The predicted octanol–water partition coefficient (Wildman–Crippen LogP) is -0.799. The van der Waals surface area contributed by atoms with Crippen LogP contribution in [0.2, 0.25) is 0 Å². The Labute approximate surface area is 133 Å². The molecule has 2 saturated heterocycles. The predicted molar refractivity (Wildman–Crippen MR) is 70.5 cm³/mol. The summed E-state index contributed by atoms with van der Waals surface area (Å²) in [5.41, 5.74) is 0. The highest BCUT2D eigenvalue weighted by Crippen LogP contribution is 2.30. The number of hydrogen-bond acceptors (Lipinski definition) is 11. The van der Waals surface area contributed by atoms with Gasteiger partial charge in [0, 0.05) is 17.8 Å². The molecule has 0 aliphatic carbocycles. The number of methoxy groups -OCH3 is 1. The molecule has 0 amide bonds. The second-order valence-corrected chi connectivity index (χ2v) is 7.48. The van der Waals surface area contributed by atoms with Crippen molar-refractivity contribution in [1.82, 2.24) is 0 Å². The summed E-state index contributed by atoms with van der Waals surface area (Å²) in [6, 6.07) is 0. The molecule has 11 nitrogen and oxygen atoms in total. The zero-order chi connectivity index (χ0) is 17.1. The summed E-state index contributed by atoms with van der Waals surface area (Å²) in [6.07, 6.45) is -0.925. The third kappa shape index (κ3) is 5.26. The second-order valence-electron chi connectivity index (χ2n) is 4.90. The SMILES string of the molecule is COC(=O)OCC(C1COS(=O)(=O)OC1)C1COS(=O)(=O)OC1. The van der Waals surface area contributed by atoms with Gasteiger partial charge in [-0.3, -0.25) is 0 Å². The van der Waals surface area contributed by atoms with Crippen LogP contribution in [0.5, 0.6) is 0 Å². The summed E-state index contributed by atoms with van der Waals surface area (Å²) in [4.78, 5) is 11.1. The average Bonchev–Trinajstić information content (AvgIpc) is 2.49. The maximum Gasteiger partial charge on any atom is 0.507 e. The molecular formula is C10H16O11S2. The fraction of sp³-hybridized carbons (Fsp3) is 0.900. The van der Waals surface area contributed by atoms with E-state index in [4.69, 9.17) is 4.74 Å². The molecule has 0 bridgehead atoms. The Kier molecular flexibility index (Phi) is 5.80. The van der Waals surface area contributed by atoms with Gasteiger partial charge < -0.3 is 9.47 Å². The van der Waals surface area contributed by atoms with Gasteiger partial charge in [-0.15, -0.1) is 0 Å². The molecule has 2 heterocycles. The molecule has 0 N–H and O–H groups in total. The van der Waals surface area contributed by atoms with E-state index in [1.54, 1.807) is 0 Å². The molecule has 13 heteroatoms. The van der Waals surface area contributed by atoms with Gasteiger partial charge in [-0.05, 0) is 0 Å². The van der Waals surface area contributed by atoms with Gasteiger partial charge in [-0.2, -0.15) is 16.8 Å². The Balaban J connectivity index is 2.04. The van der Waals surface area contributed by atoms with Crippen LogP contribution < -0.4 is 0 Å². The summed E-state index contributed by atoms with van der Waals surface area (Å²) in [5.74, 6) is -1.46. The van der Waals surface area contributed by atoms with Crippen molar-refractivity contribution in [3.05, 3.63) is 0 Å². The zero-order valence-electron chi connectivity index (χ0n) is 12.1. The Morgan fingerprint density at radius 1 is 0.957 bits per heavy atom. The van der Waals surface area contributed by atoms with Crippen molar-refractivity contribution >= 4 is 27.0 Å². The van der Waals surface area contributed by atoms with Crippen molar-refractivity contribution in [2.75, 3.05) is 40.1 Å². The van der Waals surface area contributed by atoms with Gasteiger partial charge >= 0.3 is 27.0 Å². The first kappa shape index (κ1) is 18.4. The molecule has 134 valence electrons. The van der Waals surface area contributed by atoms with Crippen LogP contribution in [0.4, 0.5) is 4.79 Å². The van der Waals surface area contributed by atoms with Crippen LogP contribution in [0.1, 0.15) is 0 Å². The lowest BCUT2D eigenvalue weighted by molar-refractivity contribution is -0.0292. The van der Waals surface area contributed by atoms with E-state index >= 15 is 0 Å². The summed E-state index contributed by atoms with van der Waals surface area (Å²) in [6.45, 7) is -0.940. The highest BCUT2D eigenvalue weighted by atomic mass is 32.3. The fourth-order valence-electron chi connectivity index (χ4n) is 2.22. The molecule has 0 atom stereocenters. The third-order valence-electron chi connectivity index (χ3n) is 3.48. The van der Waals surface area contributed by atoms with Gasteiger partial charge in [0.15, 0.2) is 0 Å². The van der Waals surface area contributed by atoms with Crippen molar-refractivity contribution in [3.8, 4) is 0 Å². The molecule has 0 aromatic heterocycles. The lowest BCUT2D eigenvalue weighted by atomic mass is 9.83. The minimum Gasteiger partial charge on any atom is -0.438 e. The molecule has 23 heavy (non-hydrogen) atoms. The van der Waals surface area contributed by atoms with E-state index in [0.29, 0.717) is 0 Å². The first-order valence-electron chi connectivity index (χ1n) is 6.51. The Morgan fingerprint density at radius 2 is 1.35 bits per heavy atom. The quantitative estimate of drug-likeness (QED) is 0.569. The second kappa shape index (κ2) is 7.27. The zero-order valence-corrected chi connectivity index (χ0v) is 13.7. The van der Waals surface area contributed by atoms with E-state index in [9.17, 15) is 21.6 Å². The van der Waals surface area contributed by atoms with Gasteiger partial charge in [-0.25, -0.2) is 21.5 Å². The lowest BCUT2D eigenvalue weighted by Crippen LogP contribution is -2.44. The summed E-state index contributed by atoms with van der Waals surface area (Å²) >= 11 is 0. The molecule has 2 aliphatic heterocycles. The molecule has 0 aromatic carbocycles. The number of rotatable bonds is 4. The molecule has 0 saturated carbocycles. The van der Waals surface area contributed by atoms with Gasteiger partial charge in [0.1, 0.15) is 0 Å². The summed E-state index contributed by atoms with van der Waals surface area (Å²) in [7, 11) is -6.92. The number of carbonyl (C=O) groups is 1. The van der Waals surface area contributed by atoms with Crippen LogP contribution in [0, 0.1) is 17.8 Å². The van der Waals surface area contributed by atoms with E-state index in [1.807, 2.05) is 0 Å². The van der Waals surface area contributed by atoms with Gasteiger partial charge in [0.25, 0.3) is 0 Å². The van der Waals surface area contributed by atoms with Gasteiger partial charge in [-0.1, -0.05) is 0 Å². The van der Waals surface area contributed by atoms with Gasteiger partial charge in [0.05, 0.1) is 40.1 Å². The molecule has 0 unspecified atom stereocenters. The average molecular weight is 376 g/mol. The topological polar surface area (TPSA) is 141 Å². The monoisotopic (exact) mass is 376 g/mol. The Morgan fingerprint density at radius 3 is 1.70 bits per heavy atom. The van der Waals surface area contributed by atoms with Crippen LogP contribution in [-0.2, 0) is 47.0 Å². The molecule has 0 aromatic rings. The van der Waals surface area contributed by atoms with E-state index in [-0.39, 0.29) is 33.0 Å². The third-order valence-corrected chi connectivity index (χ3v) is 5.18. The van der Waals surface area contributed by atoms with Crippen molar-refractivity contribution in [2.45, 2.75) is 0 Å². The van der Waals surface area contributed by atoms with Crippen LogP contribution in [-0.4, -0.2) is 63.1 Å². The van der Waals surface area contributed by atoms with E-state index in [1.165, 1.54) is 0 Å². The number of carbonyl (C=O) groups excluding carboxylic acids is 1. The van der Waals surface area contributed by atoms with E-state index in [2.05, 4.69) is 21.5 Å². The lowest BCUT2D eigenvalue weighted by Gasteiger charge is -2.35. The highest BCUT2D eigenvalue weighted by Gasteiger charge is 2.40. The summed E-state index contributed by atoms with van der Waals surface area (Å²) < 4.78 is 72.1. The largest absolute Gasteiger partial charge is 0.507 e. The maximum atomic E-state index is 11.1. The van der Waals surface area contributed by atoms with Crippen LogP contribution in [0.15, 0.2) is 0 Å². The normalized spacial score (nSPS) is 25.1. The van der Waals surface area contributed by atoms with Crippen molar-refractivity contribution in [2.24, 2.45) is 17.8 Å². The van der Waals surface area contributed by atoms with E-state index in [0.717, 1.165) is 7.11 Å². The number of hydrogen-bond donors (Lipinski definition) is 0. The molecule has 2 fully saturated rings. The highest BCUT2D eigenvalue weighted by molar-refractivity contribution is 7.82. The van der Waals surface area contributed by atoms with E-state index < -0.39 is 44.7 Å². The molecule has 2 aliphatic rings. The smallest absolute Gasteiger partial charge is 0.438 e. The van der Waals surface area contributed by atoms with Crippen molar-refractivity contribution in [3.63, 3.8) is 0 Å². The molecular weight excluding hydrogens is 360 g/mol. The Hall–Kier alpha value is -0.990. The minimum atomic E-state index is -4.03. The molecule has 0 spiro atoms. The Bertz CT molecular complexity index is 551. The summed E-state index contributed by atoms with van der Waals surface area (Å²) in [5, 5.41) is 0. The minimum absolute atomic E-state index is 0.165. The molecule has 2 rings (SSSR count). The van der Waals surface area contributed by atoms with Crippen molar-refractivity contribution in [1.29, 1.82) is 0 Å². The van der Waals surface area contributed by atoms with Crippen LogP contribution in [0.25, 0.3) is 0 Å². The standard InChI is InChI=1S/C10H16O11S2/c1-16-10(11)17-6-9(7-2-18-22(12,13)19-3-7)8-4-20-23(14,15)21-5-8/h7-9H,2-6H2,1H3. The first-order chi connectivity index (χ1) is 10.7.